The molecular weight excluding hydrogens is 282 g/mol. The fourth-order valence-electron chi connectivity index (χ4n) is 1.92. The Bertz CT molecular complexity index is 744. The highest BCUT2D eigenvalue weighted by Crippen LogP contribution is 2.46. The van der Waals surface area contributed by atoms with E-state index in [1.807, 2.05) is 35.2 Å². The fourth-order valence-corrected chi connectivity index (χ4v) is 3.82. The molecule has 0 atom stereocenters. The monoisotopic (exact) mass is 293 g/mol. The zero-order chi connectivity index (χ0) is 13.5. The third-order valence-electron chi connectivity index (χ3n) is 2.80. The van der Waals surface area contributed by atoms with Crippen LogP contribution in [-0.4, -0.2) is 8.42 Å². The molecule has 0 spiro atoms. The zero-order valence-electron chi connectivity index (χ0n) is 9.75. The van der Waals surface area contributed by atoms with E-state index in [2.05, 4.69) is 5.32 Å². The summed E-state index contributed by atoms with van der Waals surface area (Å²) >= 11 is 1.53. The van der Waals surface area contributed by atoms with Crippen LogP contribution in [0.3, 0.4) is 0 Å². The summed E-state index contributed by atoms with van der Waals surface area (Å²) in [5.74, 6) is 5.09. The number of fused-ring (bicyclic) bond motifs is 2. The van der Waals surface area contributed by atoms with Gasteiger partial charge in [0.25, 0.3) is 10.0 Å². The number of nitrogens with two attached hydrogens (primary N) is 1. The number of nitrogens with one attached hydrogen (secondary N) is 2. The average molecular weight is 293 g/mol. The maximum atomic E-state index is 11.9. The Kier molecular flexibility index (Phi) is 2.98. The number of anilines is 2. The third-order valence-corrected chi connectivity index (χ3v) is 5.16. The van der Waals surface area contributed by atoms with Crippen LogP contribution >= 0.6 is 11.8 Å². The minimum Gasteiger partial charge on any atom is -0.353 e. The molecule has 2 aromatic rings. The van der Waals surface area contributed by atoms with Crippen molar-refractivity contribution >= 4 is 33.2 Å². The maximum absolute atomic E-state index is 11.9. The molecule has 0 fully saturated rings. The first-order chi connectivity index (χ1) is 9.12. The second kappa shape index (κ2) is 4.53. The van der Waals surface area contributed by atoms with Crippen molar-refractivity contribution in [2.45, 2.75) is 14.7 Å². The van der Waals surface area contributed by atoms with E-state index in [9.17, 15) is 8.42 Å². The van der Waals surface area contributed by atoms with Crippen LogP contribution in [0.25, 0.3) is 0 Å². The molecule has 0 saturated carbocycles. The highest BCUT2D eigenvalue weighted by molar-refractivity contribution is 7.99. The molecule has 0 amide bonds. The van der Waals surface area contributed by atoms with Crippen molar-refractivity contribution in [3.63, 3.8) is 0 Å². The molecule has 0 unspecified atom stereocenters. The number of sulfonamides is 1. The molecule has 7 heteroatoms. The van der Waals surface area contributed by atoms with Crippen LogP contribution in [0.2, 0.25) is 0 Å². The average Bonchev–Trinajstić information content (AvgIpc) is 2.44. The Balaban J connectivity index is 2.17. The van der Waals surface area contributed by atoms with Crippen molar-refractivity contribution < 1.29 is 8.42 Å². The number of hydrazine groups is 1. The van der Waals surface area contributed by atoms with Gasteiger partial charge in [0.2, 0.25) is 0 Å². The van der Waals surface area contributed by atoms with Crippen molar-refractivity contribution in [1.29, 1.82) is 0 Å². The van der Waals surface area contributed by atoms with Crippen LogP contribution in [0.4, 0.5) is 11.4 Å². The van der Waals surface area contributed by atoms with E-state index in [4.69, 9.17) is 5.84 Å². The van der Waals surface area contributed by atoms with E-state index in [-0.39, 0.29) is 4.90 Å². The quantitative estimate of drug-likeness (QED) is 0.497. The van der Waals surface area contributed by atoms with Gasteiger partial charge in [0, 0.05) is 9.79 Å². The van der Waals surface area contributed by atoms with Crippen LogP contribution in [0.5, 0.6) is 0 Å². The lowest BCUT2D eigenvalue weighted by atomic mass is 10.2. The Morgan fingerprint density at radius 1 is 1.05 bits per heavy atom. The number of benzene rings is 2. The van der Waals surface area contributed by atoms with E-state index >= 15 is 0 Å². The van der Waals surface area contributed by atoms with Gasteiger partial charge in [-0.05, 0) is 24.3 Å². The summed E-state index contributed by atoms with van der Waals surface area (Å²) in [5, 5.41) is 3.15. The van der Waals surface area contributed by atoms with Crippen LogP contribution in [0.15, 0.2) is 57.2 Å². The topological polar surface area (TPSA) is 84.2 Å². The largest absolute Gasteiger partial charge is 0.353 e. The summed E-state index contributed by atoms with van der Waals surface area (Å²) in [6.07, 6.45) is 0. The van der Waals surface area contributed by atoms with E-state index in [1.165, 1.54) is 17.8 Å². The van der Waals surface area contributed by atoms with Crippen molar-refractivity contribution in [2.24, 2.45) is 5.84 Å². The van der Waals surface area contributed by atoms with Gasteiger partial charge in [-0.2, -0.15) is 0 Å². The van der Waals surface area contributed by atoms with Gasteiger partial charge in [-0.15, -0.1) is 4.83 Å². The predicted octanol–water partition coefficient (Wildman–Crippen LogP) is 2.05. The summed E-state index contributed by atoms with van der Waals surface area (Å²) in [5.41, 5.74) is 1.45. The van der Waals surface area contributed by atoms with Gasteiger partial charge in [0.15, 0.2) is 0 Å². The Morgan fingerprint density at radius 2 is 1.79 bits per heavy atom. The van der Waals surface area contributed by atoms with E-state index < -0.39 is 10.0 Å². The molecule has 0 aromatic heterocycles. The minimum absolute atomic E-state index is 0.148. The number of hydrogen-bond acceptors (Lipinski definition) is 5. The molecule has 0 bridgehead atoms. The molecule has 5 nitrogen and oxygen atoms in total. The highest BCUT2D eigenvalue weighted by atomic mass is 32.2. The first kappa shape index (κ1) is 12.5. The van der Waals surface area contributed by atoms with Crippen LogP contribution in [0, 0.1) is 0 Å². The number of rotatable bonds is 2. The molecule has 0 aliphatic carbocycles. The van der Waals surface area contributed by atoms with Crippen LogP contribution in [-0.2, 0) is 10.0 Å². The molecule has 0 saturated heterocycles. The molecule has 19 heavy (non-hydrogen) atoms. The molecule has 1 heterocycles. The normalized spacial score (nSPS) is 13.3. The van der Waals surface area contributed by atoms with Gasteiger partial charge in [0.05, 0.1) is 11.4 Å². The standard InChI is InChI=1S/C12H11N3O2S2/c13-15-19(16,17)11-7-3-6-10-12(11)14-8-4-1-2-5-9(8)18-10/h1-7,14-15H,13H2. The Hall–Kier alpha value is -1.54. The summed E-state index contributed by atoms with van der Waals surface area (Å²) in [7, 11) is -3.69. The summed E-state index contributed by atoms with van der Waals surface area (Å²) in [6, 6.07) is 12.8. The molecule has 2 aromatic carbocycles. The number of para-hydroxylation sites is 2. The SMILES string of the molecule is NNS(=O)(=O)c1cccc2c1Nc1ccccc1S2. The van der Waals surface area contributed by atoms with Gasteiger partial charge in [0.1, 0.15) is 4.90 Å². The summed E-state index contributed by atoms with van der Waals surface area (Å²) in [4.78, 5) is 3.92. The fraction of sp³-hybridized carbons (Fsp3) is 0. The molecule has 0 radical (unpaired) electrons. The van der Waals surface area contributed by atoms with Crippen molar-refractivity contribution in [3.05, 3.63) is 42.5 Å². The third kappa shape index (κ3) is 2.10. The molecule has 3 rings (SSSR count). The molecule has 98 valence electrons. The molecule has 1 aliphatic heterocycles. The van der Waals surface area contributed by atoms with Gasteiger partial charge >= 0.3 is 0 Å². The van der Waals surface area contributed by atoms with Crippen LogP contribution < -0.4 is 16.0 Å². The first-order valence-corrected chi connectivity index (χ1v) is 7.81. The summed E-state index contributed by atoms with van der Waals surface area (Å²) < 4.78 is 23.8. The van der Waals surface area contributed by atoms with E-state index in [1.54, 1.807) is 6.07 Å². The smallest absolute Gasteiger partial charge is 0.255 e. The molecular formula is C12H11N3O2S2. The lowest BCUT2D eigenvalue weighted by Gasteiger charge is -2.22. The Morgan fingerprint density at radius 3 is 2.58 bits per heavy atom. The van der Waals surface area contributed by atoms with E-state index in [0.717, 1.165) is 15.5 Å². The van der Waals surface area contributed by atoms with Crippen molar-refractivity contribution in [2.75, 3.05) is 5.32 Å². The lowest BCUT2D eigenvalue weighted by molar-refractivity contribution is 0.584. The van der Waals surface area contributed by atoms with Gasteiger partial charge < -0.3 is 5.32 Å². The minimum atomic E-state index is -3.69. The van der Waals surface area contributed by atoms with Gasteiger partial charge in [-0.25, -0.2) is 8.42 Å². The second-order valence-corrected chi connectivity index (χ2v) is 6.74. The molecule has 4 N–H and O–H groups in total. The first-order valence-electron chi connectivity index (χ1n) is 5.51. The Labute approximate surface area is 115 Å². The highest BCUT2D eigenvalue weighted by Gasteiger charge is 2.24. The second-order valence-electron chi connectivity index (χ2n) is 3.97. The van der Waals surface area contributed by atoms with E-state index in [0.29, 0.717) is 5.69 Å². The summed E-state index contributed by atoms with van der Waals surface area (Å²) in [6.45, 7) is 0. The van der Waals surface area contributed by atoms with Crippen LogP contribution in [0.1, 0.15) is 0 Å². The predicted molar refractivity (Wildman–Crippen MR) is 74.8 cm³/mol. The number of hydrogen-bond donors (Lipinski definition) is 3. The lowest BCUT2D eigenvalue weighted by Crippen LogP contribution is -2.30. The molecule has 1 aliphatic rings. The van der Waals surface area contributed by atoms with Gasteiger partial charge in [-0.3, -0.25) is 5.84 Å². The van der Waals surface area contributed by atoms with Gasteiger partial charge in [-0.1, -0.05) is 30.0 Å². The van der Waals surface area contributed by atoms with Crippen molar-refractivity contribution in [3.8, 4) is 0 Å². The van der Waals surface area contributed by atoms with Crippen molar-refractivity contribution in [1.82, 2.24) is 4.83 Å². The zero-order valence-corrected chi connectivity index (χ0v) is 11.4. The maximum Gasteiger partial charge on any atom is 0.255 e.